The first-order valence-electron chi connectivity index (χ1n) is 6.54. The minimum atomic E-state index is -0.526. The molecule has 0 spiro atoms. The topological polar surface area (TPSA) is 69.4 Å². The highest BCUT2D eigenvalue weighted by atomic mass is 16.6. The molecule has 0 heterocycles. The largest absolute Gasteiger partial charge is 0.460 e. The molecule has 0 bridgehead atoms. The number of Topliss-reactive ketones (excluding diaryl/α,β-unsaturated/α-hetero) is 1. The monoisotopic (exact) mass is 257 g/mol. The molecule has 0 aromatic carbocycles. The SMILES string of the molecule is CC(C)C[C@H](CC(=O)[C@@H](C)N)C(=O)OC(C)(C)C. The van der Waals surface area contributed by atoms with Crippen LogP contribution >= 0.6 is 0 Å². The van der Waals surface area contributed by atoms with Gasteiger partial charge in [-0.3, -0.25) is 9.59 Å². The Hall–Kier alpha value is -0.900. The highest BCUT2D eigenvalue weighted by Crippen LogP contribution is 2.21. The molecule has 106 valence electrons. The Balaban J connectivity index is 4.67. The number of hydrogen-bond acceptors (Lipinski definition) is 4. The van der Waals surface area contributed by atoms with Crippen LogP contribution in [0.1, 0.15) is 54.4 Å². The van der Waals surface area contributed by atoms with Crippen LogP contribution in [-0.2, 0) is 14.3 Å². The van der Waals surface area contributed by atoms with Gasteiger partial charge in [-0.25, -0.2) is 0 Å². The molecule has 0 fully saturated rings. The van der Waals surface area contributed by atoms with E-state index in [0.717, 1.165) is 0 Å². The lowest BCUT2D eigenvalue weighted by molar-refractivity contribution is -0.161. The summed E-state index contributed by atoms with van der Waals surface area (Å²) in [5.41, 5.74) is 5.02. The van der Waals surface area contributed by atoms with Gasteiger partial charge in [0.2, 0.25) is 0 Å². The van der Waals surface area contributed by atoms with Gasteiger partial charge in [-0.1, -0.05) is 13.8 Å². The van der Waals surface area contributed by atoms with Crippen LogP contribution in [0, 0.1) is 11.8 Å². The molecule has 0 aromatic heterocycles. The van der Waals surface area contributed by atoms with Gasteiger partial charge in [0.05, 0.1) is 12.0 Å². The molecule has 0 aromatic rings. The third-order valence-corrected chi connectivity index (χ3v) is 2.45. The standard InChI is InChI=1S/C14H27NO3/c1-9(2)7-11(8-12(16)10(3)15)13(17)18-14(4,5)6/h9-11H,7-8,15H2,1-6H3/t10-,11-/m1/s1. The van der Waals surface area contributed by atoms with Crippen molar-refractivity contribution in [1.82, 2.24) is 0 Å². The summed E-state index contributed by atoms with van der Waals surface area (Å²) in [5, 5.41) is 0. The first kappa shape index (κ1) is 17.1. The number of nitrogens with two attached hydrogens (primary N) is 1. The predicted octanol–water partition coefficient (Wildman–Crippen LogP) is 2.30. The van der Waals surface area contributed by atoms with Gasteiger partial charge in [0.25, 0.3) is 0 Å². The van der Waals surface area contributed by atoms with Crippen molar-refractivity contribution in [2.75, 3.05) is 0 Å². The molecule has 4 nitrogen and oxygen atoms in total. The van der Waals surface area contributed by atoms with Crippen molar-refractivity contribution in [3.05, 3.63) is 0 Å². The van der Waals surface area contributed by atoms with Gasteiger partial charge in [0.15, 0.2) is 0 Å². The summed E-state index contributed by atoms with van der Waals surface area (Å²) in [4.78, 5) is 23.7. The van der Waals surface area contributed by atoms with Gasteiger partial charge in [0.1, 0.15) is 11.4 Å². The van der Waals surface area contributed by atoms with E-state index in [1.807, 2.05) is 34.6 Å². The summed E-state index contributed by atoms with van der Waals surface area (Å²) in [5.74, 6) is -0.442. The Morgan fingerprint density at radius 2 is 1.67 bits per heavy atom. The van der Waals surface area contributed by atoms with E-state index in [4.69, 9.17) is 10.5 Å². The Bertz CT molecular complexity index is 290. The maximum absolute atomic E-state index is 12.0. The van der Waals surface area contributed by atoms with Crippen LogP contribution in [0.25, 0.3) is 0 Å². The van der Waals surface area contributed by atoms with E-state index < -0.39 is 11.6 Å². The smallest absolute Gasteiger partial charge is 0.309 e. The van der Waals surface area contributed by atoms with Gasteiger partial charge in [0, 0.05) is 6.42 Å². The van der Waals surface area contributed by atoms with E-state index in [1.54, 1.807) is 6.92 Å². The maximum atomic E-state index is 12.0. The van der Waals surface area contributed by atoms with Crippen molar-refractivity contribution in [3.8, 4) is 0 Å². The summed E-state index contributed by atoms with van der Waals surface area (Å²) in [6, 6.07) is -0.526. The van der Waals surface area contributed by atoms with Crippen molar-refractivity contribution >= 4 is 11.8 Å². The van der Waals surface area contributed by atoms with E-state index in [9.17, 15) is 9.59 Å². The molecule has 0 aliphatic rings. The number of rotatable bonds is 6. The van der Waals surface area contributed by atoms with Gasteiger partial charge < -0.3 is 10.5 Å². The van der Waals surface area contributed by atoms with Crippen molar-refractivity contribution in [1.29, 1.82) is 0 Å². The average molecular weight is 257 g/mol. The van der Waals surface area contributed by atoms with Gasteiger partial charge in [-0.15, -0.1) is 0 Å². The molecule has 0 unspecified atom stereocenters. The minimum Gasteiger partial charge on any atom is -0.460 e. The minimum absolute atomic E-state index is 0.0912. The third kappa shape index (κ3) is 7.43. The predicted molar refractivity (Wildman–Crippen MR) is 72.1 cm³/mol. The van der Waals surface area contributed by atoms with Gasteiger partial charge >= 0.3 is 5.97 Å². The lowest BCUT2D eigenvalue weighted by atomic mass is 9.91. The Morgan fingerprint density at radius 1 is 1.17 bits per heavy atom. The Morgan fingerprint density at radius 3 is 2.00 bits per heavy atom. The number of esters is 1. The van der Waals surface area contributed by atoms with Crippen molar-refractivity contribution in [2.45, 2.75) is 66.0 Å². The van der Waals surface area contributed by atoms with E-state index in [1.165, 1.54) is 0 Å². The second kappa shape index (κ2) is 6.88. The number of ketones is 1. The molecule has 0 aliphatic heterocycles. The van der Waals surface area contributed by atoms with E-state index in [-0.39, 0.29) is 24.1 Å². The Labute approximate surface area is 110 Å². The highest BCUT2D eigenvalue weighted by Gasteiger charge is 2.28. The summed E-state index contributed by atoms with van der Waals surface area (Å²) < 4.78 is 5.35. The zero-order chi connectivity index (χ0) is 14.5. The first-order chi connectivity index (χ1) is 8.03. The van der Waals surface area contributed by atoms with E-state index in [2.05, 4.69) is 0 Å². The molecular weight excluding hydrogens is 230 g/mol. The van der Waals surface area contributed by atoms with Gasteiger partial charge in [-0.2, -0.15) is 0 Å². The number of hydrogen-bond donors (Lipinski definition) is 1. The number of carbonyl (C=O) groups is 2. The van der Waals surface area contributed by atoms with Crippen molar-refractivity contribution < 1.29 is 14.3 Å². The van der Waals surface area contributed by atoms with Crippen LogP contribution < -0.4 is 5.73 Å². The molecule has 0 amide bonds. The van der Waals surface area contributed by atoms with Crippen LogP contribution in [0.5, 0.6) is 0 Å². The fraction of sp³-hybridized carbons (Fsp3) is 0.857. The quantitative estimate of drug-likeness (QED) is 0.741. The van der Waals surface area contributed by atoms with Crippen molar-refractivity contribution in [3.63, 3.8) is 0 Å². The summed E-state index contributed by atoms with van der Waals surface area (Å²) in [6.07, 6.45) is 0.818. The highest BCUT2D eigenvalue weighted by molar-refractivity contribution is 5.87. The second-order valence-electron chi connectivity index (χ2n) is 6.32. The molecule has 0 radical (unpaired) electrons. The summed E-state index contributed by atoms with van der Waals surface area (Å²) in [7, 11) is 0. The zero-order valence-electron chi connectivity index (χ0n) is 12.4. The first-order valence-corrected chi connectivity index (χ1v) is 6.54. The second-order valence-corrected chi connectivity index (χ2v) is 6.32. The van der Waals surface area contributed by atoms with Crippen LogP contribution in [0.15, 0.2) is 0 Å². The molecular formula is C14H27NO3. The fourth-order valence-corrected chi connectivity index (χ4v) is 1.65. The van der Waals surface area contributed by atoms with Crippen LogP contribution in [0.2, 0.25) is 0 Å². The van der Waals surface area contributed by atoms with E-state index in [0.29, 0.717) is 12.3 Å². The molecule has 4 heteroatoms. The molecule has 2 N–H and O–H groups in total. The zero-order valence-corrected chi connectivity index (χ0v) is 12.4. The third-order valence-electron chi connectivity index (χ3n) is 2.45. The molecule has 0 aliphatic carbocycles. The van der Waals surface area contributed by atoms with Crippen LogP contribution in [0.4, 0.5) is 0 Å². The molecule has 18 heavy (non-hydrogen) atoms. The van der Waals surface area contributed by atoms with Gasteiger partial charge in [-0.05, 0) is 40.0 Å². The van der Waals surface area contributed by atoms with Crippen LogP contribution in [0.3, 0.4) is 0 Å². The molecule has 0 rings (SSSR count). The van der Waals surface area contributed by atoms with E-state index >= 15 is 0 Å². The Kier molecular flexibility index (Phi) is 6.54. The maximum Gasteiger partial charge on any atom is 0.309 e. The molecule has 0 saturated heterocycles. The number of ether oxygens (including phenoxy) is 1. The van der Waals surface area contributed by atoms with Crippen LogP contribution in [-0.4, -0.2) is 23.4 Å². The fourth-order valence-electron chi connectivity index (χ4n) is 1.65. The normalized spacial score (nSPS) is 15.3. The number of carbonyl (C=O) groups excluding carboxylic acids is 2. The average Bonchev–Trinajstić information content (AvgIpc) is 2.12. The summed E-state index contributed by atoms with van der Waals surface area (Å²) in [6.45, 7) is 11.2. The summed E-state index contributed by atoms with van der Waals surface area (Å²) >= 11 is 0. The molecule has 0 saturated carbocycles. The lowest BCUT2D eigenvalue weighted by Gasteiger charge is -2.25. The van der Waals surface area contributed by atoms with Crippen molar-refractivity contribution in [2.24, 2.45) is 17.6 Å². The lowest BCUT2D eigenvalue weighted by Crippen LogP contribution is -2.34. The molecule has 2 atom stereocenters.